The van der Waals surface area contributed by atoms with E-state index in [2.05, 4.69) is 31.7 Å². The fraction of sp³-hybridized carbons (Fsp3) is 0.231. The molecule has 0 aliphatic heterocycles. The van der Waals surface area contributed by atoms with Gasteiger partial charge < -0.3 is 22.1 Å². The van der Waals surface area contributed by atoms with Gasteiger partial charge in [0.15, 0.2) is 11.6 Å². The molecule has 9 heteroatoms. The lowest BCUT2D eigenvalue weighted by Crippen LogP contribution is -2.43. The summed E-state index contributed by atoms with van der Waals surface area (Å²) in [6.45, 7) is 0. The van der Waals surface area contributed by atoms with Gasteiger partial charge in [0.2, 0.25) is 0 Å². The Morgan fingerprint density at radius 3 is 2.63 bits per heavy atom. The Morgan fingerprint density at radius 1 is 0.943 bits per heavy atom. The van der Waals surface area contributed by atoms with Crippen LogP contribution in [0.2, 0.25) is 0 Å². The number of primary amides is 1. The summed E-state index contributed by atoms with van der Waals surface area (Å²) in [7, 11) is 0. The van der Waals surface area contributed by atoms with Crippen LogP contribution in [0.1, 0.15) is 36.0 Å². The van der Waals surface area contributed by atoms with Crippen LogP contribution in [0, 0.1) is 5.82 Å². The molecular formula is C26H26FN7O. The van der Waals surface area contributed by atoms with Crippen LogP contribution in [0.3, 0.4) is 0 Å². The lowest BCUT2D eigenvalue weighted by molar-refractivity contribution is 0.100. The molecule has 0 bridgehead atoms. The molecule has 0 radical (unpaired) electrons. The molecule has 1 amide bonds. The van der Waals surface area contributed by atoms with E-state index in [1.807, 2.05) is 30.5 Å². The van der Waals surface area contributed by atoms with Crippen LogP contribution in [-0.4, -0.2) is 32.9 Å². The Hall–Kier alpha value is -4.11. The second-order valence-corrected chi connectivity index (χ2v) is 8.80. The van der Waals surface area contributed by atoms with Crippen molar-refractivity contribution >= 4 is 34.0 Å². The first-order chi connectivity index (χ1) is 17.0. The number of amides is 1. The summed E-state index contributed by atoms with van der Waals surface area (Å²) in [5.41, 5.74) is 14.1. The molecule has 0 saturated heterocycles. The number of carbonyl (C=O) groups excluding carboxylic acids is 1. The summed E-state index contributed by atoms with van der Waals surface area (Å²) in [4.78, 5) is 24.9. The molecule has 1 fully saturated rings. The molecular weight excluding hydrogens is 445 g/mol. The highest BCUT2D eigenvalue weighted by atomic mass is 19.1. The van der Waals surface area contributed by atoms with Gasteiger partial charge in [0.05, 0.1) is 17.4 Å². The summed E-state index contributed by atoms with van der Waals surface area (Å²) in [6, 6.07) is 10.8. The fourth-order valence-electron chi connectivity index (χ4n) is 4.45. The number of fused-ring (bicyclic) bond motifs is 1. The quantitative estimate of drug-likeness (QED) is 0.329. The van der Waals surface area contributed by atoms with E-state index in [1.54, 1.807) is 18.6 Å². The van der Waals surface area contributed by atoms with Crippen molar-refractivity contribution in [1.82, 2.24) is 15.0 Å². The van der Waals surface area contributed by atoms with Gasteiger partial charge in [-0.2, -0.15) is 0 Å². The number of nitrogens with one attached hydrogen (secondary N) is 2. The Labute approximate surface area is 202 Å². The normalized spacial score (nSPS) is 17.8. The largest absolute Gasteiger partial charge is 0.365 e. The Kier molecular flexibility index (Phi) is 6.24. The number of nitrogens with two attached hydrogens (primary N) is 2. The Morgan fingerprint density at radius 2 is 1.80 bits per heavy atom. The lowest BCUT2D eigenvalue weighted by atomic mass is 9.91. The zero-order valence-corrected chi connectivity index (χ0v) is 19.0. The highest BCUT2D eigenvalue weighted by Crippen LogP contribution is 2.29. The maximum Gasteiger partial charge on any atom is 0.252 e. The van der Waals surface area contributed by atoms with Gasteiger partial charge in [-0.05, 0) is 48.1 Å². The number of pyridine rings is 3. The highest BCUT2D eigenvalue weighted by Gasteiger charge is 2.24. The molecule has 0 spiro atoms. The summed E-state index contributed by atoms with van der Waals surface area (Å²) in [5.74, 6) is -1.26. The van der Waals surface area contributed by atoms with Gasteiger partial charge in [0.1, 0.15) is 5.82 Å². The number of benzene rings is 1. The van der Waals surface area contributed by atoms with Gasteiger partial charge >= 0.3 is 0 Å². The maximum absolute atomic E-state index is 14.8. The SMILES string of the molecule is NC(=O)c1cc(F)c(N[C@@H]2CCCC[C@@H]2N)nc1Nc1cncc(-c2ccc3cnccc3c2)c1. The van der Waals surface area contributed by atoms with E-state index < -0.39 is 11.7 Å². The monoisotopic (exact) mass is 471 g/mol. The smallest absolute Gasteiger partial charge is 0.252 e. The first-order valence-electron chi connectivity index (χ1n) is 11.6. The van der Waals surface area contributed by atoms with Crippen LogP contribution in [-0.2, 0) is 0 Å². The molecule has 6 N–H and O–H groups in total. The van der Waals surface area contributed by atoms with E-state index in [0.29, 0.717) is 5.69 Å². The summed E-state index contributed by atoms with van der Waals surface area (Å²) in [6.07, 6.45) is 10.7. The van der Waals surface area contributed by atoms with Crippen LogP contribution >= 0.6 is 0 Å². The van der Waals surface area contributed by atoms with Crippen molar-refractivity contribution in [2.24, 2.45) is 11.5 Å². The molecule has 3 heterocycles. The van der Waals surface area contributed by atoms with Gasteiger partial charge in [-0.15, -0.1) is 0 Å². The Balaban J connectivity index is 1.46. The third-order valence-electron chi connectivity index (χ3n) is 6.36. The van der Waals surface area contributed by atoms with Crippen LogP contribution in [0.25, 0.3) is 21.9 Å². The summed E-state index contributed by atoms with van der Waals surface area (Å²) < 4.78 is 14.8. The van der Waals surface area contributed by atoms with Crippen molar-refractivity contribution in [3.05, 3.63) is 72.6 Å². The van der Waals surface area contributed by atoms with Crippen molar-refractivity contribution in [2.75, 3.05) is 10.6 Å². The molecule has 0 unspecified atom stereocenters. The number of aromatic nitrogens is 3. The topological polar surface area (TPSA) is 132 Å². The fourth-order valence-corrected chi connectivity index (χ4v) is 4.45. The number of rotatable bonds is 6. The average Bonchev–Trinajstić information content (AvgIpc) is 2.87. The predicted octanol–water partition coefficient (Wildman–Crippen LogP) is 4.36. The molecule has 8 nitrogen and oxygen atoms in total. The lowest BCUT2D eigenvalue weighted by Gasteiger charge is -2.30. The second-order valence-electron chi connectivity index (χ2n) is 8.80. The number of nitrogens with zero attached hydrogens (tertiary/aromatic N) is 3. The molecule has 1 aliphatic rings. The van der Waals surface area contributed by atoms with Gasteiger partial charge in [-0.25, -0.2) is 9.37 Å². The van der Waals surface area contributed by atoms with Crippen molar-refractivity contribution in [3.8, 4) is 11.1 Å². The minimum atomic E-state index is -0.785. The van der Waals surface area contributed by atoms with Crippen molar-refractivity contribution in [1.29, 1.82) is 0 Å². The van der Waals surface area contributed by atoms with E-state index in [0.717, 1.165) is 53.6 Å². The molecule has 3 aromatic heterocycles. The third-order valence-corrected chi connectivity index (χ3v) is 6.36. The molecule has 35 heavy (non-hydrogen) atoms. The molecule has 4 aromatic rings. The van der Waals surface area contributed by atoms with E-state index in [-0.39, 0.29) is 29.3 Å². The molecule has 178 valence electrons. The number of hydrogen-bond acceptors (Lipinski definition) is 7. The molecule has 1 aliphatic carbocycles. The van der Waals surface area contributed by atoms with Crippen LogP contribution in [0.15, 0.2) is 61.2 Å². The summed E-state index contributed by atoms with van der Waals surface area (Å²) in [5, 5.41) is 8.32. The standard InChI is InChI=1S/C26H26FN7O/c27-21-11-20(24(29)35)25(34-26(21)33-23-4-2-1-3-22(23)28)32-19-10-18(13-31-14-19)15-5-6-17-12-30-8-7-16(17)9-15/h5-14,22-23H,1-4,28H2,(H2,29,35)(H2,32,33,34)/t22-,23+/m0/s1. The first kappa shape index (κ1) is 22.7. The van der Waals surface area contributed by atoms with Gasteiger partial charge in [-0.3, -0.25) is 14.8 Å². The highest BCUT2D eigenvalue weighted by molar-refractivity contribution is 5.98. The maximum atomic E-state index is 14.8. The van der Waals surface area contributed by atoms with Crippen LogP contribution in [0.4, 0.5) is 21.7 Å². The van der Waals surface area contributed by atoms with E-state index in [4.69, 9.17) is 11.5 Å². The van der Waals surface area contributed by atoms with Gasteiger partial charge in [0, 0.05) is 41.6 Å². The first-order valence-corrected chi connectivity index (χ1v) is 11.6. The number of hydrogen-bond donors (Lipinski definition) is 4. The minimum Gasteiger partial charge on any atom is -0.365 e. The molecule has 1 aromatic carbocycles. The van der Waals surface area contributed by atoms with Crippen molar-refractivity contribution in [2.45, 2.75) is 37.8 Å². The van der Waals surface area contributed by atoms with E-state index in [1.165, 1.54) is 0 Å². The number of halogens is 1. The third kappa shape index (κ3) is 4.90. The molecule has 5 rings (SSSR count). The summed E-state index contributed by atoms with van der Waals surface area (Å²) >= 11 is 0. The second kappa shape index (κ2) is 9.63. The van der Waals surface area contributed by atoms with Crippen LogP contribution in [0.5, 0.6) is 0 Å². The zero-order valence-electron chi connectivity index (χ0n) is 19.0. The minimum absolute atomic E-state index is 0.0344. The van der Waals surface area contributed by atoms with Crippen molar-refractivity contribution < 1.29 is 9.18 Å². The van der Waals surface area contributed by atoms with E-state index >= 15 is 0 Å². The molecule has 1 saturated carbocycles. The van der Waals surface area contributed by atoms with Crippen LogP contribution < -0.4 is 22.1 Å². The predicted molar refractivity (Wildman–Crippen MR) is 135 cm³/mol. The molecule has 2 atom stereocenters. The van der Waals surface area contributed by atoms with Gasteiger partial charge in [-0.1, -0.05) is 25.0 Å². The number of anilines is 3. The van der Waals surface area contributed by atoms with E-state index in [9.17, 15) is 9.18 Å². The number of carbonyl (C=O) groups is 1. The average molecular weight is 472 g/mol. The van der Waals surface area contributed by atoms with Crippen molar-refractivity contribution in [3.63, 3.8) is 0 Å². The van der Waals surface area contributed by atoms with Gasteiger partial charge in [0.25, 0.3) is 5.91 Å². The Bertz CT molecular complexity index is 1390. The zero-order chi connectivity index (χ0) is 24.4.